The molecule has 0 spiro atoms. The van der Waals surface area contributed by atoms with Crippen LogP contribution in [-0.2, 0) is 13.0 Å². The molecule has 2 heterocycles. The number of aromatic amines is 1. The number of anilines is 1. The number of nitrogens with one attached hydrogen (secondary N) is 3. The van der Waals surface area contributed by atoms with E-state index in [1.54, 1.807) is 0 Å². The fraction of sp³-hybridized carbons (Fsp3) is 0.346. The van der Waals surface area contributed by atoms with Gasteiger partial charge in [0.15, 0.2) is 0 Å². The van der Waals surface area contributed by atoms with Crippen LogP contribution in [0.2, 0.25) is 0 Å². The van der Waals surface area contributed by atoms with E-state index in [1.165, 1.54) is 11.1 Å². The van der Waals surface area contributed by atoms with Gasteiger partial charge in [0.2, 0.25) is 5.82 Å². The fourth-order valence-electron chi connectivity index (χ4n) is 4.54. The number of rotatable bonds is 8. The third kappa shape index (κ3) is 4.41. The van der Waals surface area contributed by atoms with Gasteiger partial charge in [-0.2, -0.15) is 10.1 Å². The topological polar surface area (TPSA) is 101 Å². The van der Waals surface area contributed by atoms with Crippen molar-refractivity contribution in [3.8, 4) is 28.6 Å². The number of ether oxygens (including phenoxy) is 1. The first-order valence-electron chi connectivity index (χ1n) is 11.7. The lowest BCUT2D eigenvalue weighted by atomic mass is 10.0. The monoisotopic (exact) mass is 458 g/mol. The van der Waals surface area contributed by atoms with E-state index in [9.17, 15) is 0 Å². The molecule has 0 saturated carbocycles. The third-order valence-corrected chi connectivity index (χ3v) is 6.09. The fourth-order valence-corrected chi connectivity index (χ4v) is 4.54. The van der Waals surface area contributed by atoms with Crippen molar-refractivity contribution in [2.24, 2.45) is 0 Å². The molecule has 0 radical (unpaired) electrons. The molecule has 1 aliphatic carbocycles. The maximum atomic E-state index is 5.87. The highest BCUT2D eigenvalue weighted by molar-refractivity contribution is 5.70. The van der Waals surface area contributed by atoms with Gasteiger partial charge in [-0.05, 0) is 69.0 Å². The first-order valence-corrected chi connectivity index (χ1v) is 11.7. The Morgan fingerprint density at radius 1 is 1.21 bits per heavy atom. The Bertz CT molecular complexity index is 1290. The highest BCUT2D eigenvalue weighted by Gasteiger charge is 2.26. The summed E-state index contributed by atoms with van der Waals surface area (Å²) < 4.78 is 11.5. The van der Waals surface area contributed by atoms with Gasteiger partial charge in [-0.3, -0.25) is 5.10 Å². The van der Waals surface area contributed by atoms with Crippen molar-refractivity contribution in [1.29, 1.82) is 0 Å². The minimum atomic E-state index is 0.0926. The zero-order valence-electron chi connectivity index (χ0n) is 20.0. The van der Waals surface area contributed by atoms with Gasteiger partial charge in [-0.25, -0.2) is 0 Å². The van der Waals surface area contributed by atoms with Crippen molar-refractivity contribution in [1.82, 2.24) is 25.7 Å². The summed E-state index contributed by atoms with van der Waals surface area (Å²) in [5.74, 6) is 1.90. The molecular weight excluding hydrogens is 428 g/mol. The highest BCUT2D eigenvalue weighted by atomic mass is 16.5. The molecule has 34 heavy (non-hydrogen) atoms. The largest absolute Gasteiger partial charge is 0.489 e. The number of fused-ring (bicyclic) bond motifs is 1. The maximum Gasteiger partial charge on any atom is 0.258 e. The third-order valence-electron chi connectivity index (χ3n) is 6.09. The summed E-state index contributed by atoms with van der Waals surface area (Å²) in [6.07, 6.45) is 2.10. The van der Waals surface area contributed by atoms with Crippen molar-refractivity contribution < 1.29 is 9.26 Å². The minimum Gasteiger partial charge on any atom is -0.489 e. The van der Waals surface area contributed by atoms with Crippen LogP contribution < -0.4 is 15.4 Å². The van der Waals surface area contributed by atoms with Crippen LogP contribution in [0.15, 0.2) is 47.0 Å². The number of hydrogen-bond donors (Lipinski definition) is 3. The van der Waals surface area contributed by atoms with Crippen LogP contribution in [0.4, 0.5) is 5.69 Å². The van der Waals surface area contributed by atoms with Gasteiger partial charge >= 0.3 is 0 Å². The van der Waals surface area contributed by atoms with E-state index in [0.717, 1.165) is 53.3 Å². The lowest BCUT2D eigenvalue weighted by Crippen LogP contribution is -2.18. The average molecular weight is 459 g/mol. The van der Waals surface area contributed by atoms with Crippen LogP contribution in [0.5, 0.6) is 5.75 Å². The van der Waals surface area contributed by atoms with Crippen LogP contribution in [0.3, 0.4) is 0 Å². The summed E-state index contributed by atoms with van der Waals surface area (Å²) >= 11 is 0. The van der Waals surface area contributed by atoms with E-state index in [4.69, 9.17) is 14.2 Å². The maximum absolute atomic E-state index is 5.87. The van der Waals surface area contributed by atoms with Gasteiger partial charge in [-0.15, -0.1) is 0 Å². The number of aryl methyl sites for hydroxylation is 1. The molecule has 0 fully saturated rings. The SMILES string of the molecule is CNc1cc(-c2nc(-c3cccc4c3CC[C@@H]4NCc3cc(C)n[nH]3)no2)ccc1OC(C)C. The Labute approximate surface area is 199 Å². The van der Waals surface area contributed by atoms with Crippen molar-refractivity contribution >= 4 is 5.69 Å². The molecule has 2 aromatic carbocycles. The molecule has 0 aliphatic heterocycles. The second kappa shape index (κ2) is 9.30. The summed E-state index contributed by atoms with van der Waals surface area (Å²) in [6, 6.07) is 14.5. The van der Waals surface area contributed by atoms with Gasteiger partial charge in [0.25, 0.3) is 5.89 Å². The Balaban J connectivity index is 1.37. The summed E-state index contributed by atoms with van der Waals surface area (Å²) in [4.78, 5) is 4.74. The molecule has 8 nitrogen and oxygen atoms in total. The summed E-state index contributed by atoms with van der Waals surface area (Å²) in [7, 11) is 1.87. The molecule has 0 saturated heterocycles. The Morgan fingerprint density at radius 3 is 2.85 bits per heavy atom. The van der Waals surface area contributed by atoms with Crippen LogP contribution in [-0.4, -0.2) is 33.5 Å². The van der Waals surface area contributed by atoms with Crippen LogP contribution >= 0.6 is 0 Å². The van der Waals surface area contributed by atoms with E-state index in [-0.39, 0.29) is 12.1 Å². The predicted octanol–water partition coefficient (Wildman–Crippen LogP) is 5.04. The molecule has 1 atom stereocenters. The van der Waals surface area contributed by atoms with E-state index in [0.29, 0.717) is 11.7 Å². The van der Waals surface area contributed by atoms with Crippen LogP contribution in [0.1, 0.15) is 48.8 Å². The lowest BCUT2D eigenvalue weighted by molar-refractivity contribution is 0.243. The van der Waals surface area contributed by atoms with Gasteiger partial charge in [0.05, 0.1) is 17.5 Å². The summed E-state index contributed by atoms with van der Waals surface area (Å²) in [5.41, 5.74) is 7.44. The second-order valence-electron chi connectivity index (χ2n) is 8.93. The number of nitrogens with zero attached hydrogens (tertiary/aromatic N) is 3. The van der Waals surface area contributed by atoms with Crippen LogP contribution in [0.25, 0.3) is 22.8 Å². The van der Waals surface area contributed by atoms with Gasteiger partial charge in [0, 0.05) is 36.5 Å². The summed E-state index contributed by atoms with van der Waals surface area (Å²) in [5, 5.41) is 18.4. The van der Waals surface area contributed by atoms with Gasteiger partial charge in [0.1, 0.15) is 5.75 Å². The number of hydrogen-bond acceptors (Lipinski definition) is 7. The van der Waals surface area contributed by atoms with E-state index < -0.39 is 0 Å². The molecule has 5 rings (SSSR count). The van der Waals surface area contributed by atoms with E-state index in [2.05, 4.69) is 50.3 Å². The Morgan fingerprint density at radius 2 is 2.09 bits per heavy atom. The normalized spacial score (nSPS) is 15.0. The number of aromatic nitrogens is 4. The summed E-state index contributed by atoms with van der Waals surface area (Å²) in [6.45, 7) is 6.76. The van der Waals surface area contributed by atoms with Crippen molar-refractivity contribution in [2.45, 2.75) is 52.3 Å². The molecule has 1 aliphatic rings. The molecule has 3 N–H and O–H groups in total. The van der Waals surface area contributed by atoms with Crippen molar-refractivity contribution in [3.05, 3.63) is 65.0 Å². The average Bonchev–Trinajstić information content (AvgIpc) is 3.57. The molecule has 0 amide bonds. The Hall–Kier alpha value is -3.65. The zero-order chi connectivity index (χ0) is 23.7. The number of H-pyrrole nitrogens is 1. The lowest BCUT2D eigenvalue weighted by Gasteiger charge is -2.14. The molecule has 8 heteroatoms. The van der Waals surface area contributed by atoms with Gasteiger partial charge in [-0.1, -0.05) is 23.4 Å². The standard InChI is InChI=1S/C26H30N6O2/c1-15(2)33-24-11-8-17(13-23(24)27-4)26-29-25(32-34-26)21-7-5-6-20-19(21)9-10-22(20)28-14-18-12-16(3)30-31-18/h5-8,11-13,15,22,27-28H,9-10,14H2,1-4H3,(H,30,31)/t22-/m0/s1. The van der Waals surface area contributed by atoms with Crippen molar-refractivity contribution in [3.63, 3.8) is 0 Å². The first kappa shape index (κ1) is 22.2. The second-order valence-corrected chi connectivity index (χ2v) is 8.93. The quantitative estimate of drug-likeness (QED) is 0.340. The molecule has 0 bridgehead atoms. The molecular formula is C26H30N6O2. The van der Waals surface area contributed by atoms with Crippen LogP contribution in [0, 0.1) is 6.92 Å². The highest BCUT2D eigenvalue weighted by Crippen LogP contribution is 2.38. The molecule has 2 aromatic heterocycles. The molecule has 176 valence electrons. The van der Waals surface area contributed by atoms with Crippen molar-refractivity contribution in [2.75, 3.05) is 12.4 Å². The zero-order valence-corrected chi connectivity index (χ0v) is 20.0. The smallest absolute Gasteiger partial charge is 0.258 e. The molecule has 0 unspecified atom stereocenters. The Kier molecular flexibility index (Phi) is 6.06. The first-order chi connectivity index (χ1) is 16.5. The van der Waals surface area contributed by atoms with E-state index in [1.807, 2.05) is 46.0 Å². The predicted molar refractivity (Wildman–Crippen MR) is 132 cm³/mol. The molecule has 4 aromatic rings. The van der Waals surface area contributed by atoms with Gasteiger partial charge < -0.3 is 19.9 Å². The minimum absolute atomic E-state index is 0.0926. The van der Waals surface area contributed by atoms with E-state index >= 15 is 0 Å². The number of benzene rings is 2.